The van der Waals surface area contributed by atoms with E-state index in [4.69, 9.17) is 5.11 Å². The average molecular weight is 256 g/mol. The van der Waals surface area contributed by atoms with Crippen LogP contribution in [0.1, 0.15) is 19.8 Å². The Hall–Kier alpha value is -1.47. The van der Waals surface area contributed by atoms with Crippen LogP contribution in [0.5, 0.6) is 0 Å². The van der Waals surface area contributed by atoms with Gasteiger partial charge in [0.05, 0.1) is 0 Å². The molecular formula is C9H15F3N2O3. The van der Waals surface area contributed by atoms with Gasteiger partial charge in [0.25, 0.3) is 0 Å². The zero-order valence-electron chi connectivity index (χ0n) is 9.54. The third kappa shape index (κ3) is 6.64. The van der Waals surface area contributed by atoms with E-state index in [9.17, 15) is 22.8 Å². The lowest BCUT2D eigenvalue weighted by molar-refractivity contribution is -0.141. The first-order valence-corrected chi connectivity index (χ1v) is 4.95. The van der Waals surface area contributed by atoms with E-state index in [1.165, 1.54) is 14.0 Å². The van der Waals surface area contributed by atoms with Gasteiger partial charge in [-0.15, -0.1) is 0 Å². The molecule has 2 amide bonds. The number of carbonyl (C=O) groups is 2. The van der Waals surface area contributed by atoms with Crippen LogP contribution in [0.3, 0.4) is 0 Å². The number of alkyl halides is 3. The molecule has 0 aromatic carbocycles. The Morgan fingerprint density at radius 1 is 1.41 bits per heavy atom. The normalized spacial score (nSPS) is 13.0. The van der Waals surface area contributed by atoms with Gasteiger partial charge in [-0.05, 0) is 13.3 Å². The zero-order chi connectivity index (χ0) is 13.6. The van der Waals surface area contributed by atoms with Crippen LogP contribution in [0.4, 0.5) is 18.0 Å². The number of nitrogens with zero attached hydrogens (tertiary/aromatic N) is 1. The van der Waals surface area contributed by atoms with Gasteiger partial charge in [-0.3, -0.25) is 0 Å². The molecule has 2 N–H and O–H groups in total. The van der Waals surface area contributed by atoms with Crippen LogP contribution in [-0.2, 0) is 4.79 Å². The molecule has 1 atom stereocenters. The summed E-state index contributed by atoms with van der Waals surface area (Å²) >= 11 is 0. The lowest BCUT2D eigenvalue weighted by atomic mass is 10.3. The van der Waals surface area contributed by atoms with Gasteiger partial charge >= 0.3 is 18.2 Å². The maximum absolute atomic E-state index is 11.8. The number of carboxylic acids is 1. The number of rotatable bonds is 5. The predicted octanol–water partition coefficient (Wildman–Crippen LogP) is 1.44. The van der Waals surface area contributed by atoms with Crippen molar-refractivity contribution in [2.75, 3.05) is 13.6 Å². The molecule has 5 nitrogen and oxygen atoms in total. The lowest BCUT2D eigenvalue weighted by Crippen LogP contribution is -2.46. The highest BCUT2D eigenvalue weighted by Crippen LogP contribution is 2.20. The maximum atomic E-state index is 11.8. The Bertz CT molecular complexity index is 281. The minimum absolute atomic E-state index is 0.144. The fourth-order valence-corrected chi connectivity index (χ4v) is 0.950. The monoisotopic (exact) mass is 256 g/mol. The van der Waals surface area contributed by atoms with Crippen LogP contribution in [0.2, 0.25) is 0 Å². The Morgan fingerprint density at radius 3 is 2.35 bits per heavy atom. The van der Waals surface area contributed by atoms with Crippen molar-refractivity contribution in [2.45, 2.75) is 32.0 Å². The van der Waals surface area contributed by atoms with E-state index in [-0.39, 0.29) is 13.0 Å². The van der Waals surface area contributed by atoms with Crippen LogP contribution >= 0.6 is 0 Å². The Morgan fingerprint density at radius 2 is 1.94 bits per heavy atom. The van der Waals surface area contributed by atoms with Gasteiger partial charge < -0.3 is 15.3 Å². The van der Waals surface area contributed by atoms with Gasteiger partial charge in [-0.2, -0.15) is 13.2 Å². The van der Waals surface area contributed by atoms with E-state index in [2.05, 4.69) is 5.32 Å². The second-order valence-corrected chi connectivity index (χ2v) is 3.58. The number of halogens is 3. The molecule has 0 aromatic rings. The number of nitrogens with one attached hydrogen (secondary N) is 1. The third-order valence-corrected chi connectivity index (χ3v) is 2.17. The standard InChI is InChI=1S/C9H15F3N2O3/c1-6(7(15)16)14(2)8(17)13-5-3-4-9(10,11)12/h6H,3-5H2,1-2H3,(H,13,17)(H,15,16). The summed E-state index contributed by atoms with van der Waals surface area (Å²) in [6, 6.07) is -1.74. The molecule has 100 valence electrons. The van der Waals surface area contributed by atoms with Gasteiger partial charge in [0.15, 0.2) is 0 Å². The first kappa shape index (κ1) is 15.5. The van der Waals surface area contributed by atoms with E-state index in [1.54, 1.807) is 0 Å². The molecule has 0 aliphatic carbocycles. The van der Waals surface area contributed by atoms with Crippen molar-refractivity contribution < 1.29 is 27.9 Å². The van der Waals surface area contributed by atoms with Gasteiger partial charge in [-0.1, -0.05) is 0 Å². The van der Waals surface area contributed by atoms with E-state index < -0.39 is 30.6 Å². The summed E-state index contributed by atoms with van der Waals surface area (Å²) in [5, 5.41) is 10.8. The zero-order valence-corrected chi connectivity index (χ0v) is 9.54. The molecule has 0 aromatic heterocycles. The smallest absolute Gasteiger partial charge is 0.389 e. The van der Waals surface area contributed by atoms with Crippen LogP contribution < -0.4 is 5.32 Å². The average Bonchev–Trinajstić information content (AvgIpc) is 2.20. The fraction of sp³-hybridized carbons (Fsp3) is 0.778. The van der Waals surface area contributed by atoms with Crippen molar-refractivity contribution in [3.8, 4) is 0 Å². The molecule has 0 saturated heterocycles. The van der Waals surface area contributed by atoms with Crippen molar-refractivity contribution in [1.82, 2.24) is 10.2 Å². The van der Waals surface area contributed by atoms with Crippen LogP contribution in [0.15, 0.2) is 0 Å². The SMILES string of the molecule is CC(C(=O)O)N(C)C(=O)NCCCC(F)(F)F. The van der Waals surface area contributed by atoms with Crippen LogP contribution in [0.25, 0.3) is 0 Å². The van der Waals surface area contributed by atoms with Crippen LogP contribution in [-0.4, -0.2) is 47.8 Å². The number of likely N-dealkylation sites (N-methyl/N-ethyl adjacent to an activating group) is 1. The molecule has 0 radical (unpaired) electrons. The molecule has 0 spiro atoms. The molecule has 8 heteroatoms. The highest BCUT2D eigenvalue weighted by molar-refractivity contribution is 5.82. The number of amides is 2. The molecule has 0 aliphatic rings. The van der Waals surface area contributed by atoms with Crippen LogP contribution in [0, 0.1) is 0 Å². The number of carboxylic acid groups (broad SMARTS) is 1. The molecule has 0 saturated carbocycles. The van der Waals surface area contributed by atoms with E-state index in [1.807, 2.05) is 0 Å². The Balaban J connectivity index is 3.91. The summed E-state index contributed by atoms with van der Waals surface area (Å²) in [6.07, 6.45) is -5.46. The van der Waals surface area contributed by atoms with E-state index >= 15 is 0 Å². The molecule has 17 heavy (non-hydrogen) atoms. The second kappa shape index (κ2) is 6.31. The number of hydrogen-bond donors (Lipinski definition) is 2. The molecule has 0 bridgehead atoms. The van der Waals surface area contributed by atoms with Crippen molar-refractivity contribution in [2.24, 2.45) is 0 Å². The van der Waals surface area contributed by atoms with Crippen molar-refractivity contribution in [3.05, 3.63) is 0 Å². The molecular weight excluding hydrogens is 241 g/mol. The molecule has 0 fully saturated rings. The molecule has 0 rings (SSSR count). The van der Waals surface area contributed by atoms with Crippen molar-refractivity contribution >= 4 is 12.0 Å². The first-order chi connectivity index (χ1) is 7.65. The lowest BCUT2D eigenvalue weighted by Gasteiger charge is -2.21. The maximum Gasteiger partial charge on any atom is 0.389 e. The Labute approximate surface area is 96.6 Å². The summed E-state index contributed by atoms with van der Waals surface area (Å²) in [6.45, 7) is 1.16. The second-order valence-electron chi connectivity index (χ2n) is 3.58. The molecule has 0 heterocycles. The molecule has 1 unspecified atom stereocenters. The van der Waals surface area contributed by atoms with Gasteiger partial charge in [0, 0.05) is 20.0 Å². The number of hydrogen-bond acceptors (Lipinski definition) is 2. The first-order valence-electron chi connectivity index (χ1n) is 4.95. The topological polar surface area (TPSA) is 69.6 Å². The van der Waals surface area contributed by atoms with Crippen molar-refractivity contribution in [3.63, 3.8) is 0 Å². The predicted molar refractivity (Wildman–Crippen MR) is 53.5 cm³/mol. The van der Waals surface area contributed by atoms with E-state index in [0.717, 1.165) is 4.90 Å². The highest BCUT2D eigenvalue weighted by Gasteiger charge is 2.26. The van der Waals surface area contributed by atoms with E-state index in [0.29, 0.717) is 0 Å². The molecule has 0 aliphatic heterocycles. The number of urea groups is 1. The van der Waals surface area contributed by atoms with Gasteiger partial charge in [0.2, 0.25) is 0 Å². The third-order valence-electron chi connectivity index (χ3n) is 2.17. The highest BCUT2D eigenvalue weighted by atomic mass is 19.4. The quantitative estimate of drug-likeness (QED) is 0.731. The van der Waals surface area contributed by atoms with Crippen molar-refractivity contribution in [1.29, 1.82) is 0 Å². The van der Waals surface area contributed by atoms with Gasteiger partial charge in [0.1, 0.15) is 6.04 Å². The number of aliphatic carboxylic acids is 1. The summed E-state index contributed by atoms with van der Waals surface area (Å²) in [5.41, 5.74) is 0. The summed E-state index contributed by atoms with van der Waals surface area (Å²) < 4.78 is 35.3. The number of carbonyl (C=O) groups excluding carboxylic acids is 1. The largest absolute Gasteiger partial charge is 0.480 e. The summed E-state index contributed by atoms with van der Waals surface area (Å²) in [5.74, 6) is -1.18. The Kier molecular flexibility index (Phi) is 5.77. The van der Waals surface area contributed by atoms with Gasteiger partial charge in [-0.25, -0.2) is 9.59 Å². The summed E-state index contributed by atoms with van der Waals surface area (Å²) in [4.78, 5) is 22.7. The minimum Gasteiger partial charge on any atom is -0.480 e. The fourth-order valence-electron chi connectivity index (χ4n) is 0.950. The summed E-state index contributed by atoms with van der Waals surface area (Å²) in [7, 11) is 1.26. The minimum atomic E-state index is -4.25.